The first-order chi connectivity index (χ1) is 8.89. The number of carbonyl (C=O) groups is 1. The maximum absolute atomic E-state index is 13.8. The first-order valence-corrected chi connectivity index (χ1v) is 6.10. The molecule has 0 aromatic heterocycles. The predicted octanol–water partition coefficient (Wildman–Crippen LogP) is 2.58. The van der Waals surface area contributed by atoms with Crippen molar-refractivity contribution in [3.63, 3.8) is 0 Å². The van der Waals surface area contributed by atoms with Crippen molar-refractivity contribution in [3.05, 3.63) is 32.5 Å². The molecule has 0 saturated heterocycles. The molecule has 6 nitrogen and oxygen atoms in total. The van der Waals surface area contributed by atoms with Crippen LogP contribution < -0.4 is 4.74 Å². The van der Waals surface area contributed by atoms with Gasteiger partial charge in [0.15, 0.2) is 11.6 Å². The molecule has 1 aromatic carbocycles. The number of carbonyl (C=O) groups excluding carboxylic acids is 1. The van der Waals surface area contributed by atoms with Crippen LogP contribution in [0.5, 0.6) is 5.75 Å². The van der Waals surface area contributed by atoms with Gasteiger partial charge < -0.3 is 9.47 Å². The van der Waals surface area contributed by atoms with E-state index in [2.05, 4.69) is 20.7 Å². The minimum atomic E-state index is -1.17. The van der Waals surface area contributed by atoms with Crippen molar-refractivity contribution in [1.82, 2.24) is 0 Å². The molecule has 0 bridgehead atoms. The van der Waals surface area contributed by atoms with Crippen molar-refractivity contribution in [2.24, 2.45) is 0 Å². The van der Waals surface area contributed by atoms with Gasteiger partial charge in [-0.25, -0.2) is 9.18 Å². The summed E-state index contributed by atoms with van der Waals surface area (Å²) >= 11 is 3.00. The van der Waals surface area contributed by atoms with Gasteiger partial charge >= 0.3 is 5.97 Å². The lowest BCUT2D eigenvalue weighted by Gasteiger charge is -2.16. The van der Waals surface area contributed by atoms with Crippen molar-refractivity contribution < 1.29 is 23.6 Å². The third-order valence-electron chi connectivity index (χ3n) is 2.75. The van der Waals surface area contributed by atoms with Crippen LogP contribution in [0, 0.1) is 15.9 Å². The van der Waals surface area contributed by atoms with Crippen LogP contribution in [-0.4, -0.2) is 23.6 Å². The average molecular weight is 334 g/mol. The van der Waals surface area contributed by atoms with E-state index >= 15 is 0 Å². The normalized spacial score (nSPS) is 15.7. The van der Waals surface area contributed by atoms with E-state index in [4.69, 9.17) is 4.74 Å². The SMILES string of the molecule is COC(=O)C1(Oc2c(F)cc([N+](=O)[O-])cc2Br)CC1. The Morgan fingerprint density at radius 2 is 2.16 bits per heavy atom. The molecular formula is C11H9BrFNO5. The minimum absolute atomic E-state index is 0.0781. The average Bonchev–Trinajstić information content (AvgIpc) is 3.13. The fraction of sp³-hybridized carbons (Fsp3) is 0.364. The van der Waals surface area contributed by atoms with Crippen LogP contribution >= 0.6 is 15.9 Å². The largest absolute Gasteiger partial charge is 0.471 e. The van der Waals surface area contributed by atoms with Crippen LogP contribution in [0.1, 0.15) is 12.8 Å². The number of esters is 1. The predicted molar refractivity (Wildman–Crippen MR) is 65.4 cm³/mol. The molecule has 102 valence electrons. The Morgan fingerprint density at radius 3 is 2.58 bits per heavy atom. The highest BCUT2D eigenvalue weighted by atomic mass is 79.9. The van der Waals surface area contributed by atoms with Crippen molar-refractivity contribution in [1.29, 1.82) is 0 Å². The standard InChI is InChI=1S/C11H9BrFNO5/c1-18-10(15)11(2-3-11)19-9-7(12)4-6(14(16)17)5-8(9)13/h4-5H,2-3H2,1H3. The molecule has 0 aliphatic heterocycles. The van der Waals surface area contributed by atoms with Crippen LogP contribution in [-0.2, 0) is 9.53 Å². The summed E-state index contributed by atoms with van der Waals surface area (Å²) in [5.41, 5.74) is -1.58. The zero-order chi connectivity index (χ0) is 14.2. The molecule has 1 fully saturated rings. The number of methoxy groups -OCH3 is 1. The smallest absolute Gasteiger partial charge is 0.350 e. The summed E-state index contributed by atoms with van der Waals surface area (Å²) in [5, 5.41) is 10.6. The number of benzene rings is 1. The summed E-state index contributed by atoms with van der Waals surface area (Å²) in [5.74, 6) is -1.72. The van der Waals surface area contributed by atoms with Crippen LogP contribution in [0.2, 0.25) is 0 Å². The molecule has 1 aliphatic carbocycles. The summed E-state index contributed by atoms with van der Waals surface area (Å²) in [7, 11) is 1.22. The molecular weight excluding hydrogens is 325 g/mol. The van der Waals surface area contributed by atoms with E-state index in [-0.39, 0.29) is 10.2 Å². The highest BCUT2D eigenvalue weighted by molar-refractivity contribution is 9.10. The molecule has 0 amide bonds. The van der Waals surface area contributed by atoms with Crippen molar-refractivity contribution >= 4 is 27.6 Å². The van der Waals surface area contributed by atoms with E-state index in [1.165, 1.54) is 7.11 Å². The van der Waals surface area contributed by atoms with Gasteiger partial charge in [-0.2, -0.15) is 0 Å². The monoisotopic (exact) mass is 333 g/mol. The first-order valence-electron chi connectivity index (χ1n) is 5.30. The van der Waals surface area contributed by atoms with Gasteiger partial charge in [0.25, 0.3) is 5.69 Å². The van der Waals surface area contributed by atoms with E-state index in [1.807, 2.05) is 0 Å². The molecule has 2 rings (SSSR count). The molecule has 19 heavy (non-hydrogen) atoms. The van der Waals surface area contributed by atoms with Gasteiger partial charge in [0.2, 0.25) is 5.60 Å². The van der Waals surface area contributed by atoms with E-state index in [1.54, 1.807) is 0 Å². The fourth-order valence-corrected chi connectivity index (χ4v) is 2.10. The third-order valence-corrected chi connectivity index (χ3v) is 3.34. The fourth-order valence-electron chi connectivity index (χ4n) is 1.59. The second-order valence-electron chi connectivity index (χ2n) is 4.08. The number of nitrogens with zero attached hydrogens (tertiary/aromatic N) is 1. The molecule has 0 spiro atoms. The Kier molecular flexibility index (Phi) is 3.44. The molecule has 1 saturated carbocycles. The van der Waals surface area contributed by atoms with Crippen molar-refractivity contribution in [2.45, 2.75) is 18.4 Å². The lowest BCUT2D eigenvalue weighted by Crippen LogP contribution is -2.31. The maximum atomic E-state index is 13.8. The molecule has 8 heteroatoms. The Bertz CT molecular complexity index is 535. The van der Waals surface area contributed by atoms with Crippen LogP contribution in [0.4, 0.5) is 10.1 Å². The van der Waals surface area contributed by atoms with Gasteiger partial charge in [0.1, 0.15) is 0 Å². The van der Waals surface area contributed by atoms with Gasteiger partial charge in [-0.15, -0.1) is 0 Å². The number of nitro benzene ring substituents is 1. The zero-order valence-corrected chi connectivity index (χ0v) is 11.4. The van der Waals surface area contributed by atoms with Crippen LogP contribution in [0.3, 0.4) is 0 Å². The zero-order valence-electron chi connectivity index (χ0n) is 9.81. The lowest BCUT2D eigenvalue weighted by atomic mass is 10.2. The number of halogens is 2. The molecule has 1 aliphatic rings. The summed E-state index contributed by atoms with van der Waals surface area (Å²) in [6, 6.07) is 1.86. The summed E-state index contributed by atoms with van der Waals surface area (Å²) in [4.78, 5) is 21.4. The molecule has 0 N–H and O–H groups in total. The Hall–Kier alpha value is -1.70. The number of nitro groups is 1. The highest BCUT2D eigenvalue weighted by Crippen LogP contribution is 2.44. The third kappa shape index (κ3) is 2.53. The first kappa shape index (κ1) is 13.7. The number of rotatable bonds is 4. The number of ether oxygens (including phenoxy) is 2. The van der Waals surface area contributed by atoms with E-state index in [9.17, 15) is 19.3 Å². The molecule has 0 unspecified atom stereocenters. The van der Waals surface area contributed by atoms with E-state index in [0.717, 1.165) is 12.1 Å². The quantitative estimate of drug-likeness (QED) is 0.480. The molecule has 0 heterocycles. The number of hydrogen-bond acceptors (Lipinski definition) is 5. The van der Waals surface area contributed by atoms with Gasteiger partial charge in [-0.1, -0.05) is 0 Å². The minimum Gasteiger partial charge on any atom is -0.471 e. The van der Waals surface area contributed by atoms with E-state index < -0.39 is 28.0 Å². The number of hydrogen-bond donors (Lipinski definition) is 0. The molecule has 1 aromatic rings. The Morgan fingerprint density at radius 1 is 1.53 bits per heavy atom. The second-order valence-corrected chi connectivity index (χ2v) is 4.94. The van der Waals surface area contributed by atoms with Gasteiger partial charge in [0.05, 0.1) is 22.6 Å². The summed E-state index contributed by atoms with van der Waals surface area (Å²) in [6.45, 7) is 0. The number of non-ortho nitro benzene ring substituents is 1. The van der Waals surface area contributed by atoms with Gasteiger partial charge in [-0.3, -0.25) is 10.1 Å². The highest BCUT2D eigenvalue weighted by Gasteiger charge is 2.55. The summed E-state index contributed by atoms with van der Waals surface area (Å²) in [6.07, 6.45) is 0.838. The van der Waals surface area contributed by atoms with Crippen molar-refractivity contribution in [3.8, 4) is 5.75 Å². The van der Waals surface area contributed by atoms with E-state index in [0.29, 0.717) is 12.8 Å². The van der Waals surface area contributed by atoms with Crippen molar-refractivity contribution in [2.75, 3.05) is 7.11 Å². The maximum Gasteiger partial charge on any atom is 0.350 e. The van der Waals surface area contributed by atoms with Gasteiger partial charge in [0, 0.05) is 18.9 Å². The topological polar surface area (TPSA) is 78.7 Å². The van der Waals surface area contributed by atoms with Gasteiger partial charge in [-0.05, 0) is 15.9 Å². The Balaban J connectivity index is 2.32. The van der Waals surface area contributed by atoms with Crippen LogP contribution in [0.15, 0.2) is 16.6 Å². The Labute approximate surface area is 115 Å². The second kappa shape index (κ2) is 4.76. The molecule has 0 atom stereocenters. The molecule has 0 radical (unpaired) electrons. The van der Waals surface area contributed by atoms with Crippen LogP contribution in [0.25, 0.3) is 0 Å². The summed E-state index contributed by atoms with van der Waals surface area (Å²) < 4.78 is 23.8. The lowest BCUT2D eigenvalue weighted by molar-refractivity contribution is -0.385.